The predicted molar refractivity (Wildman–Crippen MR) is 107 cm³/mol. The van der Waals surface area contributed by atoms with Gasteiger partial charge >= 0.3 is 6.03 Å². The number of halogens is 2. The first kappa shape index (κ1) is 19.3. The van der Waals surface area contributed by atoms with Gasteiger partial charge in [0.1, 0.15) is 5.82 Å². The first-order chi connectivity index (χ1) is 12.9. The molecule has 2 aromatic heterocycles. The van der Waals surface area contributed by atoms with Gasteiger partial charge in [0.25, 0.3) is 0 Å². The van der Waals surface area contributed by atoms with Gasteiger partial charge in [-0.05, 0) is 31.0 Å². The van der Waals surface area contributed by atoms with Gasteiger partial charge in [0.15, 0.2) is 0 Å². The Labute approximate surface area is 166 Å². The minimum Gasteiger partial charge on any atom is -0.479 e. The van der Waals surface area contributed by atoms with Crippen LogP contribution in [0.15, 0.2) is 24.3 Å². The van der Waals surface area contributed by atoms with Crippen LogP contribution in [0.5, 0.6) is 5.88 Å². The summed E-state index contributed by atoms with van der Waals surface area (Å²) in [5.74, 6) is 0.906. The molecule has 0 saturated carbocycles. The molecule has 0 bridgehead atoms. The highest BCUT2D eigenvalue weighted by Crippen LogP contribution is 2.28. The van der Waals surface area contributed by atoms with Crippen LogP contribution in [0.4, 0.5) is 10.6 Å². The lowest BCUT2D eigenvalue weighted by Gasteiger charge is -2.16. The van der Waals surface area contributed by atoms with Crippen LogP contribution < -0.4 is 15.4 Å². The summed E-state index contributed by atoms with van der Waals surface area (Å²) >= 11 is 12.0. The fourth-order valence-corrected chi connectivity index (χ4v) is 3.08. The topological polar surface area (TPSA) is 91.9 Å². The number of carbonyl (C=O) groups excluding carboxylic acids is 1. The number of amides is 2. The first-order valence-corrected chi connectivity index (χ1v) is 9.13. The summed E-state index contributed by atoms with van der Waals surface area (Å²) < 4.78 is 5.25. The lowest BCUT2D eigenvalue weighted by molar-refractivity contribution is 0.249. The van der Waals surface area contributed by atoms with E-state index < -0.39 is 0 Å². The van der Waals surface area contributed by atoms with Gasteiger partial charge in [-0.2, -0.15) is 0 Å². The average Bonchev–Trinajstić information content (AvgIpc) is 3.06. The Morgan fingerprint density at radius 2 is 2.07 bits per heavy atom. The quantitative estimate of drug-likeness (QED) is 0.570. The number of aromatic nitrogens is 3. The highest BCUT2D eigenvalue weighted by molar-refractivity contribution is 6.42. The van der Waals surface area contributed by atoms with Crippen molar-refractivity contribution < 1.29 is 9.53 Å². The molecule has 0 fully saturated rings. The molecular formula is C18H19Cl2N5O2. The summed E-state index contributed by atoms with van der Waals surface area (Å²) in [5.41, 5.74) is 2.37. The molecule has 0 unspecified atom stereocenters. The molecule has 1 aromatic carbocycles. The van der Waals surface area contributed by atoms with Crippen molar-refractivity contribution in [2.24, 2.45) is 0 Å². The monoisotopic (exact) mass is 407 g/mol. The summed E-state index contributed by atoms with van der Waals surface area (Å²) in [5, 5.41) is 14.3. The van der Waals surface area contributed by atoms with Gasteiger partial charge in [-0.1, -0.05) is 36.2 Å². The van der Waals surface area contributed by atoms with Crippen LogP contribution in [-0.4, -0.2) is 28.3 Å². The smallest absolute Gasteiger partial charge is 0.320 e. The molecule has 0 aliphatic carbocycles. The van der Waals surface area contributed by atoms with Crippen molar-refractivity contribution in [3.05, 3.63) is 45.6 Å². The molecule has 1 atom stereocenters. The zero-order chi connectivity index (χ0) is 19.6. The number of pyridine rings is 1. The maximum Gasteiger partial charge on any atom is 0.320 e. The van der Waals surface area contributed by atoms with E-state index in [1.54, 1.807) is 25.3 Å². The second kappa shape index (κ2) is 8.02. The van der Waals surface area contributed by atoms with Gasteiger partial charge in [-0.3, -0.25) is 10.4 Å². The molecule has 0 radical (unpaired) electrons. The SMILES string of the molecule is CCc1nc(NC(=O)N[C@H](C)c2ccc(Cl)c(Cl)c2)cc2[nH]nc(OC)c12. The second-order valence-corrected chi connectivity index (χ2v) is 6.77. The van der Waals surface area contributed by atoms with E-state index in [0.717, 1.165) is 22.2 Å². The third-order valence-electron chi connectivity index (χ3n) is 4.15. The molecule has 142 valence electrons. The van der Waals surface area contributed by atoms with Crippen LogP contribution in [-0.2, 0) is 6.42 Å². The van der Waals surface area contributed by atoms with Crippen LogP contribution in [0.3, 0.4) is 0 Å². The summed E-state index contributed by atoms with van der Waals surface area (Å²) in [6.07, 6.45) is 0.670. The Hall–Kier alpha value is -2.51. The summed E-state index contributed by atoms with van der Waals surface area (Å²) in [7, 11) is 1.55. The number of nitrogens with one attached hydrogen (secondary N) is 3. The lowest BCUT2D eigenvalue weighted by Crippen LogP contribution is -2.31. The number of ether oxygens (including phenoxy) is 1. The van der Waals surface area contributed by atoms with Crippen molar-refractivity contribution in [3.8, 4) is 5.88 Å². The zero-order valence-electron chi connectivity index (χ0n) is 15.1. The van der Waals surface area contributed by atoms with E-state index in [1.807, 2.05) is 19.9 Å². The van der Waals surface area contributed by atoms with Crippen LogP contribution in [0.1, 0.15) is 31.1 Å². The Bertz CT molecular complexity index is 989. The Morgan fingerprint density at radius 3 is 2.74 bits per heavy atom. The Balaban J connectivity index is 1.76. The van der Waals surface area contributed by atoms with Crippen molar-refractivity contribution in [2.45, 2.75) is 26.3 Å². The second-order valence-electron chi connectivity index (χ2n) is 5.96. The van der Waals surface area contributed by atoms with Gasteiger partial charge in [0.05, 0.1) is 39.8 Å². The molecule has 27 heavy (non-hydrogen) atoms. The molecule has 2 heterocycles. The van der Waals surface area contributed by atoms with Gasteiger partial charge in [-0.15, -0.1) is 5.10 Å². The van der Waals surface area contributed by atoms with Crippen molar-refractivity contribution in [1.29, 1.82) is 0 Å². The van der Waals surface area contributed by atoms with E-state index in [-0.39, 0.29) is 12.1 Å². The van der Waals surface area contributed by atoms with E-state index in [1.165, 1.54) is 0 Å². The number of benzene rings is 1. The molecule has 3 rings (SSSR count). The fourth-order valence-electron chi connectivity index (χ4n) is 2.77. The van der Waals surface area contributed by atoms with Crippen molar-refractivity contribution in [1.82, 2.24) is 20.5 Å². The third kappa shape index (κ3) is 4.09. The van der Waals surface area contributed by atoms with Gasteiger partial charge in [-0.25, -0.2) is 9.78 Å². The first-order valence-electron chi connectivity index (χ1n) is 8.37. The van der Waals surface area contributed by atoms with Crippen molar-refractivity contribution in [3.63, 3.8) is 0 Å². The molecule has 0 spiro atoms. The molecule has 0 aliphatic rings. The number of anilines is 1. The largest absolute Gasteiger partial charge is 0.479 e. The predicted octanol–water partition coefficient (Wildman–Crippen LogP) is 4.72. The highest BCUT2D eigenvalue weighted by atomic mass is 35.5. The number of hydrogen-bond acceptors (Lipinski definition) is 4. The van der Waals surface area contributed by atoms with Gasteiger partial charge in [0, 0.05) is 6.07 Å². The Morgan fingerprint density at radius 1 is 1.30 bits per heavy atom. The van der Waals surface area contributed by atoms with Crippen molar-refractivity contribution >= 4 is 46.0 Å². The highest BCUT2D eigenvalue weighted by Gasteiger charge is 2.16. The molecule has 3 aromatic rings. The number of urea groups is 1. The van der Waals surface area contributed by atoms with E-state index >= 15 is 0 Å². The molecular weight excluding hydrogens is 389 g/mol. The molecule has 9 heteroatoms. The number of methoxy groups -OCH3 is 1. The zero-order valence-corrected chi connectivity index (χ0v) is 16.6. The average molecular weight is 408 g/mol. The minimum absolute atomic E-state index is 0.263. The standard InChI is InChI=1S/C18H19Cl2N5O2/c1-4-13-16-14(24-25-17(16)27-3)8-15(22-13)23-18(26)21-9(2)10-5-6-11(19)12(20)7-10/h5-9H,4H2,1-3H3,(H,24,25)(H2,21,22,23,26)/t9-/m1/s1. The number of hydrogen-bond donors (Lipinski definition) is 3. The molecule has 0 aliphatic heterocycles. The number of aryl methyl sites for hydroxylation is 1. The summed E-state index contributed by atoms with van der Waals surface area (Å²) in [6, 6.07) is 6.31. The number of nitrogens with zero attached hydrogens (tertiary/aromatic N) is 2. The maximum atomic E-state index is 12.4. The lowest BCUT2D eigenvalue weighted by atomic mass is 10.1. The number of rotatable bonds is 5. The number of aromatic amines is 1. The Kier molecular flexibility index (Phi) is 5.72. The molecule has 0 saturated heterocycles. The summed E-state index contributed by atoms with van der Waals surface area (Å²) in [6.45, 7) is 3.83. The maximum absolute atomic E-state index is 12.4. The van der Waals surface area contributed by atoms with Gasteiger partial charge in [0.2, 0.25) is 5.88 Å². The number of fused-ring (bicyclic) bond motifs is 1. The van der Waals surface area contributed by atoms with Gasteiger partial charge < -0.3 is 10.1 Å². The molecule has 3 N–H and O–H groups in total. The minimum atomic E-state index is -0.381. The van der Waals surface area contributed by atoms with Crippen LogP contribution in [0.2, 0.25) is 10.0 Å². The molecule has 2 amide bonds. The van der Waals surface area contributed by atoms with Crippen LogP contribution in [0, 0.1) is 0 Å². The van der Waals surface area contributed by atoms with E-state index in [9.17, 15) is 4.79 Å². The summed E-state index contributed by atoms with van der Waals surface area (Å²) in [4.78, 5) is 16.9. The van der Waals surface area contributed by atoms with Crippen LogP contribution in [0.25, 0.3) is 10.9 Å². The normalized spacial score (nSPS) is 12.0. The molecule has 7 nitrogen and oxygen atoms in total. The van der Waals surface area contributed by atoms with Crippen molar-refractivity contribution in [2.75, 3.05) is 12.4 Å². The van der Waals surface area contributed by atoms with E-state index in [4.69, 9.17) is 27.9 Å². The van der Waals surface area contributed by atoms with E-state index in [2.05, 4.69) is 25.8 Å². The van der Waals surface area contributed by atoms with E-state index in [0.29, 0.717) is 28.2 Å². The third-order valence-corrected chi connectivity index (χ3v) is 4.89. The number of H-pyrrole nitrogens is 1. The van der Waals surface area contributed by atoms with Crippen LogP contribution >= 0.6 is 23.2 Å². The fraction of sp³-hybridized carbons (Fsp3) is 0.278. The number of carbonyl (C=O) groups is 1.